The van der Waals surface area contributed by atoms with Crippen molar-refractivity contribution in [1.82, 2.24) is 4.90 Å². The summed E-state index contributed by atoms with van der Waals surface area (Å²) in [5, 5.41) is 3.57. The number of rotatable bonds is 3. The minimum Gasteiger partial charge on any atom is -0.369 e. The first-order valence-corrected chi connectivity index (χ1v) is 3.77. The van der Waals surface area contributed by atoms with Crippen molar-refractivity contribution in [1.29, 1.82) is 0 Å². The Morgan fingerprint density at radius 3 is 3.17 bits per heavy atom. The van der Waals surface area contributed by atoms with Crippen LogP contribution >= 0.6 is 0 Å². The van der Waals surface area contributed by atoms with Crippen molar-refractivity contribution in [3.8, 4) is 0 Å². The van der Waals surface area contributed by atoms with Crippen LogP contribution in [0.5, 0.6) is 0 Å². The van der Waals surface area contributed by atoms with Crippen LogP contribution in [-0.4, -0.2) is 36.5 Å². The largest absolute Gasteiger partial charge is 0.369 e. The van der Waals surface area contributed by atoms with Crippen LogP contribution in [0.4, 0.5) is 0 Å². The number of azide groups is 1. The van der Waals surface area contributed by atoms with Crippen LogP contribution < -0.4 is 5.73 Å². The minimum atomic E-state index is -0.336. The van der Waals surface area contributed by atoms with Crippen LogP contribution in [0.15, 0.2) is 5.11 Å². The predicted molar refractivity (Wildman–Crippen MR) is 43.2 cm³/mol. The van der Waals surface area contributed by atoms with Crippen LogP contribution in [0, 0.1) is 0 Å². The van der Waals surface area contributed by atoms with E-state index in [1.807, 2.05) is 4.90 Å². The van der Waals surface area contributed by atoms with Gasteiger partial charge in [-0.25, -0.2) is 0 Å². The van der Waals surface area contributed by atoms with Gasteiger partial charge in [-0.1, -0.05) is 5.11 Å². The molecular formula is C6H11N5O. The quantitative estimate of drug-likeness (QED) is 0.361. The molecule has 2 N–H and O–H groups in total. The van der Waals surface area contributed by atoms with Gasteiger partial charge in [0.05, 0.1) is 12.6 Å². The van der Waals surface area contributed by atoms with E-state index in [2.05, 4.69) is 10.0 Å². The van der Waals surface area contributed by atoms with Gasteiger partial charge < -0.3 is 5.73 Å². The van der Waals surface area contributed by atoms with Crippen LogP contribution in [0.2, 0.25) is 0 Å². The van der Waals surface area contributed by atoms with E-state index in [1.165, 1.54) is 0 Å². The lowest BCUT2D eigenvalue weighted by atomic mass is 10.3. The maximum absolute atomic E-state index is 10.5. The van der Waals surface area contributed by atoms with Gasteiger partial charge in [-0.05, 0) is 18.5 Å². The monoisotopic (exact) mass is 169 g/mol. The summed E-state index contributed by atoms with van der Waals surface area (Å²) in [6.45, 7) is 1.69. The second-order valence-electron chi connectivity index (χ2n) is 2.85. The number of nitrogens with two attached hydrogens (primary N) is 1. The van der Waals surface area contributed by atoms with Crippen LogP contribution in [-0.2, 0) is 4.79 Å². The van der Waals surface area contributed by atoms with Gasteiger partial charge in [0.1, 0.15) is 0 Å². The molecule has 0 radical (unpaired) electrons. The molecule has 66 valence electrons. The van der Waals surface area contributed by atoms with E-state index in [-0.39, 0.29) is 18.5 Å². The minimum absolute atomic E-state index is 0.00866. The maximum atomic E-state index is 10.5. The first kappa shape index (κ1) is 8.83. The molecule has 0 aliphatic carbocycles. The Morgan fingerprint density at radius 1 is 1.83 bits per heavy atom. The fraction of sp³-hybridized carbons (Fsp3) is 0.833. The zero-order valence-electron chi connectivity index (χ0n) is 6.68. The molecule has 0 unspecified atom stereocenters. The van der Waals surface area contributed by atoms with Gasteiger partial charge in [0.2, 0.25) is 5.91 Å². The van der Waals surface area contributed by atoms with Gasteiger partial charge >= 0.3 is 0 Å². The number of carbonyl (C=O) groups excluding carboxylic acids is 1. The summed E-state index contributed by atoms with van der Waals surface area (Å²) in [7, 11) is 0. The third-order valence-corrected chi connectivity index (χ3v) is 1.84. The fourth-order valence-electron chi connectivity index (χ4n) is 1.34. The fourth-order valence-corrected chi connectivity index (χ4v) is 1.34. The first-order valence-electron chi connectivity index (χ1n) is 3.77. The zero-order valence-corrected chi connectivity index (χ0v) is 6.68. The number of nitrogens with zero attached hydrogens (tertiary/aromatic N) is 4. The van der Waals surface area contributed by atoms with Crippen LogP contribution in [0.3, 0.4) is 0 Å². The molecule has 1 fully saturated rings. The van der Waals surface area contributed by atoms with Crippen molar-refractivity contribution in [3.05, 3.63) is 10.4 Å². The molecule has 12 heavy (non-hydrogen) atoms. The third kappa shape index (κ3) is 2.41. The summed E-state index contributed by atoms with van der Waals surface area (Å²) < 4.78 is 0. The van der Waals surface area contributed by atoms with E-state index < -0.39 is 0 Å². The molecule has 1 heterocycles. The Labute approximate surface area is 70.0 Å². The second-order valence-corrected chi connectivity index (χ2v) is 2.85. The summed E-state index contributed by atoms with van der Waals surface area (Å²) >= 11 is 0. The summed E-state index contributed by atoms with van der Waals surface area (Å²) in [4.78, 5) is 15.1. The van der Waals surface area contributed by atoms with E-state index in [9.17, 15) is 4.79 Å². The number of likely N-dealkylation sites (tertiary alicyclic amines) is 1. The number of hydrogen-bond donors (Lipinski definition) is 1. The van der Waals surface area contributed by atoms with Gasteiger partial charge in [0.15, 0.2) is 0 Å². The summed E-state index contributed by atoms with van der Waals surface area (Å²) in [6, 6.07) is 0.00866. The summed E-state index contributed by atoms with van der Waals surface area (Å²) in [6.07, 6.45) is 0.817. The molecule has 1 amide bonds. The predicted octanol–water partition coefficient (Wildman–Crippen LogP) is -0.144. The Kier molecular flexibility index (Phi) is 2.90. The maximum Gasteiger partial charge on any atom is 0.231 e. The molecule has 6 heteroatoms. The SMILES string of the molecule is [N-]=[N+]=N[C@@H]1CCN(CC(N)=O)C1. The Bertz CT molecular complexity index is 222. The molecule has 0 bridgehead atoms. The standard InChI is InChI=1S/C6H11N5O/c7-6(12)4-11-2-1-5(3-11)9-10-8/h5H,1-4H2,(H2,7,12)/t5-/m1/s1. The number of amides is 1. The Morgan fingerprint density at radius 2 is 2.58 bits per heavy atom. The lowest BCUT2D eigenvalue weighted by Crippen LogP contribution is -2.32. The van der Waals surface area contributed by atoms with Gasteiger partial charge in [-0.2, -0.15) is 0 Å². The second kappa shape index (κ2) is 3.94. The smallest absolute Gasteiger partial charge is 0.231 e. The summed E-state index contributed by atoms with van der Waals surface area (Å²) in [5.74, 6) is -0.336. The highest BCUT2D eigenvalue weighted by atomic mass is 16.1. The van der Waals surface area contributed by atoms with E-state index in [0.29, 0.717) is 6.54 Å². The van der Waals surface area contributed by atoms with Gasteiger partial charge in [0, 0.05) is 11.5 Å². The van der Waals surface area contributed by atoms with Crippen molar-refractivity contribution < 1.29 is 4.79 Å². The molecule has 1 aliphatic rings. The van der Waals surface area contributed by atoms with E-state index in [1.54, 1.807) is 0 Å². The van der Waals surface area contributed by atoms with E-state index >= 15 is 0 Å². The average Bonchev–Trinajstić information content (AvgIpc) is 2.36. The number of hydrogen-bond acceptors (Lipinski definition) is 3. The topological polar surface area (TPSA) is 95.1 Å². The molecule has 1 rings (SSSR count). The van der Waals surface area contributed by atoms with Crippen LogP contribution in [0.1, 0.15) is 6.42 Å². The molecular weight excluding hydrogens is 158 g/mol. The lowest BCUT2D eigenvalue weighted by Gasteiger charge is -2.11. The average molecular weight is 169 g/mol. The molecule has 0 aromatic heterocycles. The Balaban J connectivity index is 2.35. The van der Waals surface area contributed by atoms with Crippen molar-refractivity contribution >= 4 is 5.91 Å². The molecule has 1 atom stereocenters. The zero-order chi connectivity index (χ0) is 8.97. The Hall–Kier alpha value is -1.26. The van der Waals surface area contributed by atoms with E-state index in [4.69, 9.17) is 11.3 Å². The molecule has 6 nitrogen and oxygen atoms in total. The highest BCUT2D eigenvalue weighted by molar-refractivity contribution is 5.75. The number of primary amides is 1. The van der Waals surface area contributed by atoms with Gasteiger partial charge in [-0.3, -0.25) is 9.69 Å². The van der Waals surface area contributed by atoms with Crippen LogP contribution in [0.25, 0.3) is 10.4 Å². The molecule has 0 aromatic rings. The highest BCUT2D eigenvalue weighted by Crippen LogP contribution is 2.11. The normalized spacial score (nSPS) is 23.5. The molecule has 0 spiro atoms. The third-order valence-electron chi connectivity index (χ3n) is 1.84. The molecule has 1 aliphatic heterocycles. The van der Waals surface area contributed by atoms with Crippen molar-refractivity contribution in [2.24, 2.45) is 10.8 Å². The van der Waals surface area contributed by atoms with Gasteiger partial charge in [0.25, 0.3) is 0 Å². The van der Waals surface area contributed by atoms with Gasteiger partial charge in [-0.15, -0.1) is 0 Å². The van der Waals surface area contributed by atoms with E-state index in [0.717, 1.165) is 13.0 Å². The molecule has 0 aromatic carbocycles. The van der Waals surface area contributed by atoms with Crippen molar-refractivity contribution in [2.75, 3.05) is 19.6 Å². The molecule has 0 saturated carbocycles. The van der Waals surface area contributed by atoms with Crippen molar-refractivity contribution in [2.45, 2.75) is 12.5 Å². The highest BCUT2D eigenvalue weighted by Gasteiger charge is 2.21. The van der Waals surface area contributed by atoms with Crippen molar-refractivity contribution in [3.63, 3.8) is 0 Å². The first-order chi connectivity index (χ1) is 5.72. The summed E-state index contributed by atoms with van der Waals surface area (Å²) in [5.41, 5.74) is 13.2. The molecule has 1 saturated heterocycles. The number of carbonyl (C=O) groups is 1. The lowest BCUT2D eigenvalue weighted by molar-refractivity contribution is -0.118.